The fourth-order valence-corrected chi connectivity index (χ4v) is 6.91. The number of aromatic nitrogens is 2. The first kappa shape index (κ1) is 36.0. The van der Waals surface area contributed by atoms with Gasteiger partial charge in [-0.05, 0) is 96.2 Å². The predicted octanol–water partition coefficient (Wildman–Crippen LogP) is 8.29. The van der Waals surface area contributed by atoms with Crippen LogP contribution in [0.1, 0.15) is 91.8 Å². The first-order valence-corrected chi connectivity index (χ1v) is 17.7. The number of carbonyl (C=O) groups excluding carboxylic acids is 1. The molecule has 0 atom stereocenters. The third kappa shape index (κ3) is 7.95. The molecule has 2 aromatic heterocycles. The van der Waals surface area contributed by atoms with Gasteiger partial charge in [-0.25, -0.2) is 0 Å². The zero-order valence-electron chi connectivity index (χ0n) is 30.5. The molecule has 2 aromatic carbocycles. The van der Waals surface area contributed by atoms with Crippen LogP contribution in [0.25, 0.3) is 10.9 Å². The molecule has 3 heterocycles. The summed E-state index contributed by atoms with van der Waals surface area (Å²) in [5.41, 5.74) is 4.79. The molecular formula is C39H51BN2O5S. The highest BCUT2D eigenvalue weighted by atomic mass is 32.2. The quantitative estimate of drug-likeness (QED) is 0.0904. The van der Waals surface area contributed by atoms with E-state index in [0.29, 0.717) is 26.2 Å². The van der Waals surface area contributed by atoms with Crippen molar-refractivity contribution < 1.29 is 23.6 Å². The van der Waals surface area contributed by atoms with Gasteiger partial charge in [0.05, 0.1) is 28.9 Å². The van der Waals surface area contributed by atoms with Gasteiger partial charge in [0.15, 0.2) is 0 Å². The molecular weight excluding hydrogens is 619 g/mol. The van der Waals surface area contributed by atoms with Crippen molar-refractivity contribution in [3.63, 3.8) is 0 Å². The number of rotatable bonds is 11. The number of pyridine rings is 1. The smallest absolute Gasteiger partial charge is 0.487 e. The highest BCUT2D eigenvalue weighted by molar-refractivity contribution is 8.00. The number of ether oxygens (including phenoxy) is 2. The molecule has 1 fully saturated rings. The van der Waals surface area contributed by atoms with Crippen molar-refractivity contribution in [1.29, 1.82) is 0 Å². The standard InChI is InChI=1S/C39H51BN2O5S/c1-12-44-35(43)37(6,7)22-33-34(48-36(3,4)5)31-21-30(45-25-29-18-13-26(2)23-41-29)19-20-32(31)42(33)24-27-14-16-28(17-15-27)40-46-38(8,9)39(10,11)47-40/h13-21,23H,12,22,24-25H2,1-11H3. The Morgan fingerprint density at radius 1 is 0.958 bits per heavy atom. The van der Waals surface area contributed by atoms with Gasteiger partial charge in [-0.1, -0.05) is 51.1 Å². The molecule has 0 radical (unpaired) electrons. The number of aryl methyl sites for hydroxylation is 1. The van der Waals surface area contributed by atoms with Crippen molar-refractivity contribution in [3.05, 3.63) is 83.3 Å². The van der Waals surface area contributed by atoms with Gasteiger partial charge in [0, 0.05) is 45.4 Å². The highest BCUT2D eigenvalue weighted by Gasteiger charge is 2.51. The normalized spacial score (nSPS) is 16.0. The van der Waals surface area contributed by atoms with Crippen molar-refractivity contribution in [2.24, 2.45) is 5.41 Å². The Balaban J connectivity index is 1.55. The van der Waals surface area contributed by atoms with E-state index in [-0.39, 0.29) is 10.7 Å². The third-order valence-corrected chi connectivity index (χ3v) is 10.4. The molecule has 9 heteroatoms. The first-order chi connectivity index (χ1) is 22.4. The molecule has 1 aliphatic heterocycles. The van der Waals surface area contributed by atoms with Crippen molar-refractivity contribution in [2.45, 2.75) is 117 Å². The number of hydrogen-bond donors (Lipinski definition) is 0. The van der Waals surface area contributed by atoms with Crippen LogP contribution in [-0.4, -0.2) is 45.2 Å². The molecule has 4 aromatic rings. The minimum Gasteiger partial charge on any atom is -0.487 e. The van der Waals surface area contributed by atoms with Gasteiger partial charge in [0.2, 0.25) is 0 Å². The summed E-state index contributed by atoms with van der Waals surface area (Å²) in [5.74, 6) is 0.579. The van der Waals surface area contributed by atoms with Crippen LogP contribution in [0.2, 0.25) is 0 Å². The minimum atomic E-state index is -0.730. The van der Waals surface area contributed by atoms with E-state index < -0.39 is 23.7 Å². The Bertz CT molecular complexity index is 1740. The van der Waals surface area contributed by atoms with Gasteiger partial charge in [0.1, 0.15) is 12.4 Å². The van der Waals surface area contributed by atoms with Crippen LogP contribution in [-0.2, 0) is 38.4 Å². The Labute approximate surface area is 291 Å². The lowest BCUT2D eigenvalue weighted by molar-refractivity contribution is -0.153. The molecule has 0 amide bonds. The summed E-state index contributed by atoms with van der Waals surface area (Å²) in [6, 6.07) is 18.8. The van der Waals surface area contributed by atoms with Crippen LogP contribution in [0.4, 0.5) is 0 Å². The Morgan fingerprint density at radius 3 is 2.21 bits per heavy atom. The van der Waals surface area contributed by atoms with Crippen molar-refractivity contribution in [3.8, 4) is 5.75 Å². The Kier molecular flexibility index (Phi) is 10.2. The molecule has 0 spiro atoms. The summed E-state index contributed by atoms with van der Waals surface area (Å²) >= 11 is 1.82. The van der Waals surface area contributed by atoms with Gasteiger partial charge in [-0.3, -0.25) is 9.78 Å². The lowest BCUT2D eigenvalue weighted by Gasteiger charge is -2.32. The SMILES string of the molecule is CCOC(=O)C(C)(C)Cc1c(SC(C)(C)C)c2cc(OCc3ccc(C)cn3)ccc2n1Cc1ccc(B2OC(C)(C)C(C)(C)O2)cc1. The number of nitrogens with zero attached hydrogens (tertiary/aromatic N) is 2. The van der Waals surface area contributed by atoms with E-state index in [4.69, 9.17) is 18.8 Å². The molecule has 5 rings (SSSR count). The summed E-state index contributed by atoms with van der Waals surface area (Å²) in [4.78, 5) is 18.9. The second-order valence-electron chi connectivity index (χ2n) is 15.5. The number of thioether (sulfide) groups is 1. The summed E-state index contributed by atoms with van der Waals surface area (Å²) in [5, 5.41) is 1.10. The summed E-state index contributed by atoms with van der Waals surface area (Å²) < 4.78 is 26.7. The largest absolute Gasteiger partial charge is 0.494 e. The van der Waals surface area contributed by atoms with E-state index >= 15 is 0 Å². The van der Waals surface area contributed by atoms with Gasteiger partial charge in [-0.2, -0.15) is 0 Å². The maximum absolute atomic E-state index is 13.2. The Hall–Kier alpha value is -3.27. The predicted molar refractivity (Wildman–Crippen MR) is 196 cm³/mol. The summed E-state index contributed by atoms with van der Waals surface area (Å²) in [6.45, 7) is 24.1. The monoisotopic (exact) mass is 670 g/mol. The number of esters is 1. The molecule has 0 unspecified atom stereocenters. The van der Waals surface area contributed by atoms with Crippen LogP contribution in [0.5, 0.6) is 5.75 Å². The molecule has 1 saturated heterocycles. The van der Waals surface area contributed by atoms with Crippen LogP contribution in [0.15, 0.2) is 65.7 Å². The van der Waals surface area contributed by atoms with Crippen molar-refractivity contribution >= 4 is 41.2 Å². The fraction of sp³-hybridized carbons (Fsp3) is 0.487. The van der Waals surface area contributed by atoms with E-state index in [1.54, 1.807) is 0 Å². The molecule has 48 heavy (non-hydrogen) atoms. The zero-order valence-corrected chi connectivity index (χ0v) is 31.3. The van der Waals surface area contributed by atoms with Gasteiger partial charge >= 0.3 is 13.1 Å². The minimum absolute atomic E-state index is 0.0743. The lowest BCUT2D eigenvalue weighted by Crippen LogP contribution is -2.41. The Morgan fingerprint density at radius 2 is 1.62 bits per heavy atom. The molecule has 256 valence electrons. The molecule has 7 nitrogen and oxygen atoms in total. The van der Waals surface area contributed by atoms with E-state index in [1.165, 1.54) is 0 Å². The van der Waals surface area contributed by atoms with Crippen LogP contribution < -0.4 is 10.2 Å². The van der Waals surface area contributed by atoms with Crippen molar-refractivity contribution in [1.82, 2.24) is 9.55 Å². The maximum atomic E-state index is 13.2. The van der Waals surface area contributed by atoms with Crippen LogP contribution in [0, 0.1) is 12.3 Å². The summed E-state index contributed by atoms with van der Waals surface area (Å²) in [7, 11) is -0.416. The first-order valence-electron chi connectivity index (χ1n) is 16.9. The maximum Gasteiger partial charge on any atom is 0.494 e. The average molecular weight is 671 g/mol. The number of benzene rings is 2. The van der Waals surface area contributed by atoms with Crippen LogP contribution in [0.3, 0.4) is 0 Å². The van der Waals surface area contributed by atoms with E-state index in [0.717, 1.165) is 49.5 Å². The number of hydrogen-bond acceptors (Lipinski definition) is 7. The second kappa shape index (κ2) is 13.6. The number of carbonyl (C=O) groups is 1. The molecule has 0 aliphatic carbocycles. The third-order valence-electron chi connectivity index (χ3n) is 9.14. The average Bonchev–Trinajstić information content (AvgIpc) is 3.39. The van der Waals surface area contributed by atoms with E-state index in [1.807, 2.05) is 63.9 Å². The number of fused-ring (bicyclic) bond motifs is 1. The van der Waals surface area contributed by atoms with Gasteiger partial charge in [0.25, 0.3) is 0 Å². The van der Waals surface area contributed by atoms with E-state index in [2.05, 4.69) is 94.4 Å². The molecule has 1 aliphatic rings. The van der Waals surface area contributed by atoms with Gasteiger partial charge in [-0.15, -0.1) is 11.8 Å². The van der Waals surface area contributed by atoms with E-state index in [9.17, 15) is 4.79 Å². The molecule has 0 bridgehead atoms. The molecule has 0 saturated carbocycles. The zero-order chi connectivity index (χ0) is 35.1. The van der Waals surface area contributed by atoms with Crippen molar-refractivity contribution in [2.75, 3.05) is 6.61 Å². The van der Waals surface area contributed by atoms with Gasteiger partial charge < -0.3 is 23.3 Å². The van der Waals surface area contributed by atoms with Crippen LogP contribution >= 0.6 is 11.8 Å². The second-order valence-corrected chi connectivity index (χ2v) is 17.3. The lowest BCUT2D eigenvalue weighted by atomic mass is 9.79. The highest BCUT2D eigenvalue weighted by Crippen LogP contribution is 2.44. The topological polar surface area (TPSA) is 71.8 Å². The molecule has 0 N–H and O–H groups in total. The fourth-order valence-electron chi connectivity index (χ4n) is 5.72. The summed E-state index contributed by atoms with van der Waals surface area (Å²) in [6.07, 6.45) is 2.38.